The van der Waals surface area contributed by atoms with Gasteiger partial charge in [0.2, 0.25) is 5.91 Å². The molecule has 1 aromatic carbocycles. The summed E-state index contributed by atoms with van der Waals surface area (Å²) in [6.07, 6.45) is -4.23. The number of amides is 3. The van der Waals surface area contributed by atoms with Crippen molar-refractivity contribution in [1.82, 2.24) is 20.0 Å². The number of ether oxygens (including phenoxy) is 1. The predicted octanol–water partition coefficient (Wildman–Crippen LogP) is 3.80. The number of nitrogens with zero attached hydrogens (tertiary/aromatic N) is 3. The molecule has 3 rings (SSSR count). The van der Waals surface area contributed by atoms with Gasteiger partial charge in [-0.3, -0.25) is 14.6 Å². The monoisotopic (exact) mass is 524 g/mol. The van der Waals surface area contributed by atoms with Gasteiger partial charge in [-0.1, -0.05) is 32.0 Å². The van der Waals surface area contributed by atoms with Gasteiger partial charge < -0.3 is 15.0 Å². The van der Waals surface area contributed by atoms with Crippen LogP contribution in [0.1, 0.15) is 51.3 Å². The molecule has 2 unspecified atom stereocenters. The lowest BCUT2D eigenvalue weighted by atomic mass is 9.90. The number of rotatable bonds is 7. The average molecular weight is 525 g/mol. The molecule has 1 saturated heterocycles. The maximum Gasteiger partial charge on any atom is 0.416 e. The summed E-state index contributed by atoms with van der Waals surface area (Å²) in [4.78, 5) is 43.7. The second-order valence-corrected chi connectivity index (χ2v) is 9.88. The lowest BCUT2D eigenvalue weighted by molar-refractivity contribution is -0.141. The second kappa shape index (κ2) is 11.5. The standard InChI is InChI=1S/C26H35F3N4O4/c1-6-37-24(35)22-20(15-32-11-12-33(17(4)14-32)21(34)13-16(2)3)31(5)25(36)30-23(22)18-9-7-8-10-19(18)26(27,28)29/h7-10,16-17,23H,6,11-15H2,1-5H3,(H,30,36). The van der Waals surface area contributed by atoms with Crippen molar-refractivity contribution in [2.24, 2.45) is 5.92 Å². The number of hydrogen-bond acceptors (Lipinski definition) is 5. The highest BCUT2D eigenvalue weighted by molar-refractivity contribution is 5.95. The minimum atomic E-state index is -4.68. The Balaban J connectivity index is 1.99. The number of esters is 1. The molecule has 0 aliphatic carbocycles. The van der Waals surface area contributed by atoms with E-state index in [1.807, 2.05) is 30.6 Å². The number of carbonyl (C=O) groups is 3. The van der Waals surface area contributed by atoms with Crippen molar-refractivity contribution in [1.29, 1.82) is 0 Å². The van der Waals surface area contributed by atoms with Gasteiger partial charge in [0.1, 0.15) is 0 Å². The number of benzene rings is 1. The van der Waals surface area contributed by atoms with Crippen LogP contribution in [0, 0.1) is 5.92 Å². The molecule has 2 atom stereocenters. The van der Waals surface area contributed by atoms with Crippen LogP contribution in [0.4, 0.5) is 18.0 Å². The fourth-order valence-electron chi connectivity index (χ4n) is 4.86. The van der Waals surface area contributed by atoms with Gasteiger partial charge in [0, 0.05) is 51.4 Å². The van der Waals surface area contributed by atoms with E-state index in [2.05, 4.69) is 5.32 Å². The SMILES string of the molecule is CCOC(=O)C1=C(CN2CCN(C(=O)CC(C)C)C(C)C2)N(C)C(=O)NC1c1ccccc1C(F)(F)F. The van der Waals surface area contributed by atoms with Crippen LogP contribution in [0.5, 0.6) is 0 Å². The molecule has 37 heavy (non-hydrogen) atoms. The molecule has 2 heterocycles. The average Bonchev–Trinajstić information content (AvgIpc) is 2.81. The van der Waals surface area contributed by atoms with E-state index in [1.54, 1.807) is 6.92 Å². The topological polar surface area (TPSA) is 82.2 Å². The second-order valence-electron chi connectivity index (χ2n) is 9.88. The minimum absolute atomic E-state index is 0.0224. The molecule has 1 fully saturated rings. The fraction of sp³-hybridized carbons (Fsp3) is 0.577. The molecular formula is C26H35F3N4O4. The Hall–Kier alpha value is -3.08. The van der Waals surface area contributed by atoms with Gasteiger partial charge in [-0.05, 0) is 31.4 Å². The molecule has 204 valence electrons. The Kier molecular flexibility index (Phi) is 8.88. The molecule has 0 saturated carbocycles. The van der Waals surface area contributed by atoms with Gasteiger partial charge in [-0.15, -0.1) is 0 Å². The third-order valence-electron chi connectivity index (χ3n) is 6.64. The largest absolute Gasteiger partial charge is 0.463 e. The normalized spacial score (nSPS) is 21.4. The first-order valence-electron chi connectivity index (χ1n) is 12.5. The zero-order valence-corrected chi connectivity index (χ0v) is 21.9. The van der Waals surface area contributed by atoms with Gasteiger partial charge in [-0.2, -0.15) is 13.2 Å². The molecule has 1 aromatic rings. The lowest BCUT2D eigenvalue weighted by Gasteiger charge is -2.42. The van der Waals surface area contributed by atoms with Gasteiger partial charge >= 0.3 is 18.2 Å². The van der Waals surface area contributed by atoms with Crippen LogP contribution in [0.25, 0.3) is 0 Å². The molecule has 8 nitrogen and oxygen atoms in total. The Labute approximate surface area is 215 Å². The number of likely N-dealkylation sites (N-methyl/N-ethyl adjacent to an activating group) is 1. The van der Waals surface area contributed by atoms with Crippen molar-refractivity contribution in [3.05, 3.63) is 46.7 Å². The first-order valence-corrected chi connectivity index (χ1v) is 12.5. The summed E-state index contributed by atoms with van der Waals surface area (Å²) < 4.78 is 46.8. The van der Waals surface area contributed by atoms with Crippen LogP contribution in [-0.2, 0) is 20.5 Å². The number of urea groups is 1. The third kappa shape index (κ3) is 6.44. The van der Waals surface area contributed by atoms with Crippen molar-refractivity contribution >= 4 is 17.9 Å². The predicted molar refractivity (Wildman–Crippen MR) is 131 cm³/mol. The quantitative estimate of drug-likeness (QED) is 0.549. The Morgan fingerprint density at radius 3 is 2.46 bits per heavy atom. The summed E-state index contributed by atoms with van der Waals surface area (Å²) in [5, 5.41) is 2.56. The van der Waals surface area contributed by atoms with Gasteiger partial charge in [0.25, 0.3) is 0 Å². The lowest BCUT2D eigenvalue weighted by Crippen LogP contribution is -2.56. The molecule has 2 aliphatic heterocycles. The zero-order chi connectivity index (χ0) is 27.5. The first kappa shape index (κ1) is 28.5. The molecule has 0 radical (unpaired) electrons. The molecule has 0 spiro atoms. The van der Waals surface area contributed by atoms with E-state index >= 15 is 0 Å². The van der Waals surface area contributed by atoms with Crippen LogP contribution < -0.4 is 5.32 Å². The van der Waals surface area contributed by atoms with Gasteiger partial charge in [-0.25, -0.2) is 9.59 Å². The molecular weight excluding hydrogens is 489 g/mol. The molecule has 0 bridgehead atoms. The van der Waals surface area contributed by atoms with Crippen LogP contribution in [0.15, 0.2) is 35.5 Å². The van der Waals surface area contributed by atoms with Crippen molar-refractivity contribution in [2.75, 3.05) is 39.8 Å². The summed E-state index contributed by atoms with van der Waals surface area (Å²) in [6, 6.07) is 2.84. The van der Waals surface area contributed by atoms with Gasteiger partial charge in [0.15, 0.2) is 0 Å². The maximum atomic E-state index is 13.9. The van der Waals surface area contributed by atoms with E-state index in [4.69, 9.17) is 4.74 Å². The fourth-order valence-corrected chi connectivity index (χ4v) is 4.86. The summed E-state index contributed by atoms with van der Waals surface area (Å²) in [5.41, 5.74) is -0.920. The van der Waals surface area contributed by atoms with Crippen LogP contribution in [-0.4, -0.2) is 78.5 Å². The highest BCUT2D eigenvalue weighted by atomic mass is 19.4. The van der Waals surface area contributed by atoms with Crippen LogP contribution in [0.2, 0.25) is 0 Å². The number of hydrogen-bond donors (Lipinski definition) is 1. The van der Waals surface area contributed by atoms with E-state index in [0.717, 1.165) is 6.07 Å². The number of piperazine rings is 1. The van der Waals surface area contributed by atoms with Crippen molar-refractivity contribution in [2.45, 2.75) is 52.4 Å². The van der Waals surface area contributed by atoms with Crippen molar-refractivity contribution < 1.29 is 32.3 Å². The highest BCUT2D eigenvalue weighted by Gasteiger charge is 2.42. The first-order chi connectivity index (χ1) is 17.3. The summed E-state index contributed by atoms with van der Waals surface area (Å²) in [5.74, 6) is -0.474. The zero-order valence-electron chi connectivity index (χ0n) is 21.9. The van der Waals surface area contributed by atoms with E-state index in [1.165, 1.54) is 30.1 Å². The highest BCUT2D eigenvalue weighted by Crippen LogP contribution is 2.39. The molecule has 3 amide bonds. The molecule has 0 aromatic heterocycles. The van der Waals surface area contributed by atoms with Crippen LogP contribution in [0.3, 0.4) is 0 Å². The Morgan fingerprint density at radius 2 is 1.86 bits per heavy atom. The third-order valence-corrected chi connectivity index (χ3v) is 6.64. The summed E-state index contributed by atoms with van der Waals surface area (Å²) in [6.45, 7) is 9.13. The van der Waals surface area contributed by atoms with E-state index in [0.29, 0.717) is 26.1 Å². The van der Waals surface area contributed by atoms with E-state index < -0.39 is 29.8 Å². The smallest absolute Gasteiger partial charge is 0.416 e. The van der Waals surface area contributed by atoms with E-state index in [-0.39, 0.29) is 47.9 Å². The molecule has 2 aliphatic rings. The minimum Gasteiger partial charge on any atom is -0.463 e. The molecule has 11 heteroatoms. The Bertz CT molecular complexity index is 1060. The number of nitrogens with one attached hydrogen (secondary N) is 1. The molecule has 1 N–H and O–H groups in total. The Morgan fingerprint density at radius 1 is 1.19 bits per heavy atom. The summed E-state index contributed by atoms with van der Waals surface area (Å²) in [7, 11) is 1.47. The number of alkyl halides is 3. The van der Waals surface area contributed by atoms with Crippen molar-refractivity contribution in [3.63, 3.8) is 0 Å². The number of carbonyl (C=O) groups excluding carboxylic acids is 3. The van der Waals surface area contributed by atoms with Crippen molar-refractivity contribution in [3.8, 4) is 0 Å². The van der Waals surface area contributed by atoms with Gasteiger partial charge in [0.05, 0.1) is 23.8 Å². The van der Waals surface area contributed by atoms with Crippen LogP contribution >= 0.6 is 0 Å². The van der Waals surface area contributed by atoms with E-state index in [9.17, 15) is 27.6 Å². The maximum absolute atomic E-state index is 13.9. The number of halogens is 3. The summed E-state index contributed by atoms with van der Waals surface area (Å²) >= 11 is 0.